The Balaban J connectivity index is 1.10. The second-order valence-corrected chi connectivity index (χ2v) is 13.0. The summed E-state index contributed by atoms with van der Waals surface area (Å²) in [4.78, 5) is 2.36. The van der Waals surface area contributed by atoms with Gasteiger partial charge in [0.25, 0.3) is 0 Å². The van der Waals surface area contributed by atoms with Crippen LogP contribution in [0.15, 0.2) is 212 Å². The number of hydrogen-bond donors (Lipinski definition) is 0. The van der Waals surface area contributed by atoms with E-state index in [9.17, 15) is 0 Å². The Labute approximate surface area is 299 Å². The molecule has 0 fully saturated rings. The summed E-state index contributed by atoms with van der Waals surface area (Å²) < 4.78 is 0. The van der Waals surface area contributed by atoms with Gasteiger partial charge in [-0.05, 0) is 109 Å². The molecule has 240 valence electrons. The molecule has 51 heavy (non-hydrogen) atoms. The van der Waals surface area contributed by atoms with Crippen LogP contribution in [0.25, 0.3) is 66.1 Å². The van der Waals surface area contributed by atoms with Gasteiger partial charge in [-0.1, -0.05) is 170 Å². The minimum absolute atomic E-state index is 1.10. The highest BCUT2D eigenvalue weighted by Gasteiger charge is 2.15. The molecule has 0 bridgehead atoms. The van der Waals surface area contributed by atoms with Gasteiger partial charge in [-0.25, -0.2) is 0 Å². The Bertz CT molecular complexity index is 2600. The van der Waals surface area contributed by atoms with Crippen molar-refractivity contribution in [2.24, 2.45) is 0 Å². The van der Waals surface area contributed by atoms with Crippen molar-refractivity contribution in [3.63, 3.8) is 0 Å². The number of fused-ring (bicyclic) bond motifs is 2. The first-order valence-corrected chi connectivity index (χ1v) is 17.5. The topological polar surface area (TPSA) is 3.24 Å². The SMILES string of the molecule is c1ccc(-c2ccc(-c3ccc(N(c4ccc(-c5cccc6ccccc56)cc4)c4cccc(-c5ccc6ccccc6c5)c4)cc3)cc2)cc1. The van der Waals surface area contributed by atoms with Crippen LogP contribution in [0.1, 0.15) is 0 Å². The standard InChI is InChI=1S/C50H35N/c1-2-10-36(11-3-1)38-20-22-39(23-21-38)40-26-30-46(31-27-40)51(47-32-28-42(29-33-47)50-19-9-15-41-13-6-7-18-49(41)50)48-17-8-16-44(35-48)45-25-24-37-12-4-5-14-43(37)34-45/h1-35H. The Morgan fingerprint density at radius 1 is 0.235 bits per heavy atom. The van der Waals surface area contributed by atoms with Gasteiger partial charge in [0.15, 0.2) is 0 Å². The van der Waals surface area contributed by atoms with Gasteiger partial charge < -0.3 is 4.90 Å². The molecule has 9 aromatic rings. The molecule has 0 aliphatic heterocycles. The zero-order valence-corrected chi connectivity index (χ0v) is 28.2. The van der Waals surface area contributed by atoms with Crippen LogP contribution in [0.4, 0.5) is 17.1 Å². The molecule has 0 saturated carbocycles. The van der Waals surface area contributed by atoms with Crippen LogP contribution in [-0.4, -0.2) is 0 Å². The predicted molar refractivity (Wildman–Crippen MR) is 218 cm³/mol. The van der Waals surface area contributed by atoms with Crippen molar-refractivity contribution in [1.29, 1.82) is 0 Å². The van der Waals surface area contributed by atoms with Crippen molar-refractivity contribution in [3.05, 3.63) is 212 Å². The maximum absolute atomic E-state index is 2.36. The highest BCUT2D eigenvalue weighted by molar-refractivity contribution is 5.97. The zero-order chi connectivity index (χ0) is 34.0. The van der Waals surface area contributed by atoms with Crippen molar-refractivity contribution < 1.29 is 0 Å². The van der Waals surface area contributed by atoms with Gasteiger partial charge in [0.1, 0.15) is 0 Å². The van der Waals surface area contributed by atoms with Gasteiger partial charge in [0.2, 0.25) is 0 Å². The molecule has 0 heterocycles. The van der Waals surface area contributed by atoms with Gasteiger partial charge in [-0.3, -0.25) is 0 Å². The summed E-state index contributed by atoms with van der Waals surface area (Å²) in [6, 6.07) is 76.6. The number of anilines is 3. The molecule has 0 radical (unpaired) electrons. The first-order valence-electron chi connectivity index (χ1n) is 17.5. The molecule has 0 N–H and O–H groups in total. The lowest BCUT2D eigenvalue weighted by molar-refractivity contribution is 1.28. The number of hydrogen-bond acceptors (Lipinski definition) is 1. The maximum Gasteiger partial charge on any atom is 0.0467 e. The van der Waals surface area contributed by atoms with Gasteiger partial charge in [-0.2, -0.15) is 0 Å². The lowest BCUT2D eigenvalue weighted by Gasteiger charge is -2.26. The van der Waals surface area contributed by atoms with E-state index < -0.39 is 0 Å². The minimum Gasteiger partial charge on any atom is -0.310 e. The van der Waals surface area contributed by atoms with E-state index in [0.717, 1.165) is 17.1 Å². The van der Waals surface area contributed by atoms with E-state index in [2.05, 4.69) is 217 Å². The monoisotopic (exact) mass is 649 g/mol. The third-order valence-electron chi connectivity index (χ3n) is 9.86. The van der Waals surface area contributed by atoms with Crippen molar-refractivity contribution in [2.45, 2.75) is 0 Å². The summed E-state index contributed by atoms with van der Waals surface area (Å²) in [5.74, 6) is 0. The van der Waals surface area contributed by atoms with Crippen LogP contribution in [0.5, 0.6) is 0 Å². The fourth-order valence-corrected chi connectivity index (χ4v) is 7.20. The first-order chi connectivity index (χ1) is 25.3. The molecule has 1 nitrogen and oxygen atoms in total. The van der Waals surface area contributed by atoms with Crippen molar-refractivity contribution >= 4 is 38.6 Å². The Kier molecular flexibility index (Phi) is 7.92. The molecule has 0 atom stereocenters. The van der Waals surface area contributed by atoms with Gasteiger partial charge in [0, 0.05) is 17.1 Å². The predicted octanol–water partition coefficient (Wildman–Crippen LogP) is 14.1. The van der Waals surface area contributed by atoms with Crippen LogP contribution >= 0.6 is 0 Å². The van der Waals surface area contributed by atoms with E-state index >= 15 is 0 Å². The number of nitrogens with zero attached hydrogens (tertiary/aromatic N) is 1. The molecule has 0 aliphatic carbocycles. The van der Waals surface area contributed by atoms with E-state index in [1.165, 1.54) is 66.1 Å². The summed E-state index contributed by atoms with van der Waals surface area (Å²) in [6.07, 6.45) is 0. The Hall–Kier alpha value is -6.70. The lowest BCUT2D eigenvalue weighted by atomic mass is 9.97. The summed E-state index contributed by atoms with van der Waals surface area (Å²) in [5, 5.41) is 5.01. The van der Waals surface area contributed by atoms with E-state index in [1.54, 1.807) is 0 Å². The maximum atomic E-state index is 2.36. The van der Waals surface area contributed by atoms with Gasteiger partial charge >= 0.3 is 0 Å². The van der Waals surface area contributed by atoms with Gasteiger partial charge in [-0.15, -0.1) is 0 Å². The average Bonchev–Trinajstić information content (AvgIpc) is 3.22. The normalized spacial score (nSPS) is 11.1. The molecule has 1 heteroatoms. The summed E-state index contributed by atoms with van der Waals surface area (Å²) >= 11 is 0. The molecule has 9 aromatic carbocycles. The second kappa shape index (κ2) is 13.3. The minimum atomic E-state index is 1.10. The largest absolute Gasteiger partial charge is 0.310 e. The molecule has 0 spiro atoms. The molecule has 0 saturated heterocycles. The number of rotatable bonds is 7. The average molecular weight is 650 g/mol. The van der Waals surface area contributed by atoms with Crippen molar-refractivity contribution in [1.82, 2.24) is 0 Å². The summed E-state index contributed by atoms with van der Waals surface area (Å²) in [5.41, 5.74) is 13.0. The molecule has 0 amide bonds. The van der Waals surface area contributed by atoms with Crippen LogP contribution in [0.2, 0.25) is 0 Å². The van der Waals surface area contributed by atoms with Crippen LogP contribution in [0.3, 0.4) is 0 Å². The fraction of sp³-hybridized carbons (Fsp3) is 0. The second-order valence-electron chi connectivity index (χ2n) is 13.0. The number of benzene rings is 9. The lowest BCUT2D eigenvalue weighted by Crippen LogP contribution is -2.10. The Morgan fingerprint density at radius 2 is 0.706 bits per heavy atom. The zero-order valence-electron chi connectivity index (χ0n) is 28.2. The van der Waals surface area contributed by atoms with Crippen LogP contribution in [-0.2, 0) is 0 Å². The molecule has 0 aliphatic rings. The molecular weight excluding hydrogens is 615 g/mol. The van der Waals surface area contributed by atoms with Crippen molar-refractivity contribution in [2.75, 3.05) is 4.90 Å². The molecule has 0 aromatic heterocycles. The van der Waals surface area contributed by atoms with E-state index in [0.29, 0.717) is 0 Å². The van der Waals surface area contributed by atoms with E-state index in [4.69, 9.17) is 0 Å². The third kappa shape index (κ3) is 6.07. The highest BCUT2D eigenvalue weighted by Crippen LogP contribution is 2.39. The van der Waals surface area contributed by atoms with Gasteiger partial charge in [0.05, 0.1) is 0 Å². The summed E-state index contributed by atoms with van der Waals surface area (Å²) in [6.45, 7) is 0. The smallest absolute Gasteiger partial charge is 0.0467 e. The van der Waals surface area contributed by atoms with Crippen LogP contribution in [0, 0.1) is 0 Å². The van der Waals surface area contributed by atoms with Crippen LogP contribution < -0.4 is 4.90 Å². The Morgan fingerprint density at radius 3 is 1.41 bits per heavy atom. The van der Waals surface area contributed by atoms with E-state index in [-0.39, 0.29) is 0 Å². The first kappa shape index (κ1) is 30.4. The fourth-order valence-electron chi connectivity index (χ4n) is 7.20. The third-order valence-corrected chi connectivity index (χ3v) is 9.86. The molecule has 9 rings (SSSR count). The molecule has 0 unspecified atom stereocenters. The summed E-state index contributed by atoms with van der Waals surface area (Å²) in [7, 11) is 0. The highest BCUT2D eigenvalue weighted by atomic mass is 15.1. The quantitative estimate of drug-likeness (QED) is 0.166. The van der Waals surface area contributed by atoms with Crippen molar-refractivity contribution in [3.8, 4) is 44.5 Å². The van der Waals surface area contributed by atoms with E-state index in [1.807, 2.05) is 0 Å². The molecular formula is C50H35N.